The van der Waals surface area contributed by atoms with Gasteiger partial charge >= 0.3 is 8.25 Å². The highest BCUT2D eigenvalue weighted by atomic mass is 31.1. The number of Topliss-reactive ketones (excluding diaryl/α,β-unsaturated/α-hetero) is 1. The summed E-state index contributed by atoms with van der Waals surface area (Å²) >= 11 is 0. The SMILES string of the molecule is O=C(CO)[C@H](O)[C@H](O)CO[P+](=O)O. The third-order valence-corrected chi connectivity index (χ3v) is 1.58. The number of hydrogen-bond donors (Lipinski definition) is 4. The van der Waals surface area contributed by atoms with E-state index < -0.39 is 39.5 Å². The molecule has 7 nitrogen and oxygen atoms in total. The zero-order chi connectivity index (χ0) is 10.4. The molecule has 0 aromatic heterocycles. The topological polar surface area (TPSA) is 124 Å². The minimum absolute atomic E-state index is 0.654. The normalized spacial score (nSPS) is 16.5. The van der Waals surface area contributed by atoms with Crippen molar-refractivity contribution in [2.45, 2.75) is 12.2 Å². The maximum absolute atomic E-state index is 10.5. The van der Waals surface area contributed by atoms with E-state index >= 15 is 0 Å². The summed E-state index contributed by atoms with van der Waals surface area (Å²) in [5.41, 5.74) is 0. The molecule has 0 radical (unpaired) electrons. The molecule has 4 N–H and O–H groups in total. The van der Waals surface area contributed by atoms with Crippen molar-refractivity contribution in [1.82, 2.24) is 0 Å². The minimum Gasteiger partial charge on any atom is -0.388 e. The van der Waals surface area contributed by atoms with E-state index in [4.69, 9.17) is 20.2 Å². The second-order valence-corrected chi connectivity index (χ2v) is 2.90. The Hall–Kier alpha value is -0.430. The molecule has 0 aromatic rings. The highest BCUT2D eigenvalue weighted by molar-refractivity contribution is 7.32. The van der Waals surface area contributed by atoms with Gasteiger partial charge < -0.3 is 15.3 Å². The van der Waals surface area contributed by atoms with Crippen molar-refractivity contribution in [3.63, 3.8) is 0 Å². The van der Waals surface area contributed by atoms with Gasteiger partial charge in [0.15, 0.2) is 5.78 Å². The lowest BCUT2D eigenvalue weighted by Gasteiger charge is -2.11. The second-order valence-electron chi connectivity index (χ2n) is 2.17. The molecule has 0 fully saturated rings. The molecule has 0 spiro atoms. The van der Waals surface area contributed by atoms with Gasteiger partial charge in [-0.25, -0.2) is 0 Å². The maximum Gasteiger partial charge on any atom is 0.694 e. The summed E-state index contributed by atoms with van der Waals surface area (Å²) in [6, 6.07) is 0. The fourth-order valence-electron chi connectivity index (χ4n) is 0.539. The van der Waals surface area contributed by atoms with Crippen LogP contribution in [0.2, 0.25) is 0 Å². The molecule has 8 heteroatoms. The van der Waals surface area contributed by atoms with Crippen LogP contribution < -0.4 is 0 Å². The molecule has 0 aliphatic heterocycles. The van der Waals surface area contributed by atoms with Crippen molar-refractivity contribution in [2.75, 3.05) is 13.2 Å². The highest BCUT2D eigenvalue weighted by Crippen LogP contribution is 2.15. The van der Waals surface area contributed by atoms with Gasteiger partial charge in [-0.1, -0.05) is 0 Å². The highest BCUT2D eigenvalue weighted by Gasteiger charge is 2.27. The van der Waals surface area contributed by atoms with Crippen molar-refractivity contribution in [3.8, 4) is 0 Å². The molecule has 0 aliphatic carbocycles. The number of hydrogen-bond acceptors (Lipinski definition) is 6. The largest absolute Gasteiger partial charge is 0.694 e. The number of ketones is 1. The van der Waals surface area contributed by atoms with Crippen LogP contribution >= 0.6 is 8.25 Å². The third-order valence-electron chi connectivity index (χ3n) is 1.21. The van der Waals surface area contributed by atoms with Crippen LogP contribution in [0.4, 0.5) is 0 Å². The van der Waals surface area contributed by atoms with Gasteiger partial charge in [0.25, 0.3) is 0 Å². The lowest BCUT2D eigenvalue weighted by molar-refractivity contribution is -0.136. The van der Waals surface area contributed by atoms with Crippen LogP contribution in [-0.4, -0.2) is 51.4 Å². The van der Waals surface area contributed by atoms with Gasteiger partial charge in [-0.2, -0.15) is 0 Å². The summed E-state index contributed by atoms with van der Waals surface area (Å²) in [5, 5.41) is 26.1. The molecular formula is C5H10O7P+. The lowest BCUT2D eigenvalue weighted by Crippen LogP contribution is -2.38. The minimum atomic E-state index is -2.88. The van der Waals surface area contributed by atoms with Gasteiger partial charge in [0.2, 0.25) is 0 Å². The van der Waals surface area contributed by atoms with Crippen LogP contribution in [-0.2, 0) is 13.9 Å². The monoisotopic (exact) mass is 213 g/mol. The molecule has 13 heavy (non-hydrogen) atoms. The molecule has 0 aromatic carbocycles. The predicted octanol–water partition coefficient (Wildman–Crippen LogP) is -2.06. The van der Waals surface area contributed by atoms with Crippen LogP contribution in [0.15, 0.2) is 0 Å². The fourth-order valence-corrected chi connectivity index (χ4v) is 0.820. The fraction of sp³-hybridized carbons (Fsp3) is 0.800. The van der Waals surface area contributed by atoms with Gasteiger partial charge in [0.1, 0.15) is 25.4 Å². The van der Waals surface area contributed by atoms with Crippen molar-refractivity contribution in [2.24, 2.45) is 0 Å². The quantitative estimate of drug-likeness (QED) is 0.374. The van der Waals surface area contributed by atoms with Crippen molar-refractivity contribution in [3.05, 3.63) is 0 Å². The molecule has 0 rings (SSSR count). The number of aliphatic hydroxyl groups is 3. The van der Waals surface area contributed by atoms with Crippen LogP contribution in [0.25, 0.3) is 0 Å². The molecule has 3 atom stereocenters. The zero-order valence-corrected chi connectivity index (χ0v) is 7.42. The first-order valence-corrected chi connectivity index (χ1v) is 4.40. The molecule has 0 amide bonds. The van der Waals surface area contributed by atoms with Gasteiger partial charge in [0.05, 0.1) is 0 Å². The second kappa shape index (κ2) is 6.09. The average Bonchev–Trinajstić information content (AvgIpc) is 2.11. The summed E-state index contributed by atoms with van der Waals surface area (Å²) in [7, 11) is -2.88. The molecule has 1 unspecified atom stereocenters. The number of rotatable bonds is 6. The Balaban J connectivity index is 3.88. The number of aliphatic hydroxyl groups excluding tert-OH is 3. The van der Waals surface area contributed by atoms with Crippen molar-refractivity contribution in [1.29, 1.82) is 0 Å². The van der Waals surface area contributed by atoms with E-state index in [-0.39, 0.29) is 0 Å². The number of carbonyl (C=O) groups excluding carboxylic acids is 1. The van der Waals surface area contributed by atoms with E-state index in [1.54, 1.807) is 0 Å². The maximum atomic E-state index is 10.5. The Morgan fingerprint density at radius 1 is 1.46 bits per heavy atom. The summed E-state index contributed by atoms with van der Waals surface area (Å²) < 4.78 is 14.0. The standard InChI is InChI=1S/C5H9O7P/c6-1-3(7)5(9)4(8)2-12-13(10)11/h4-6,8-9H,1-2H2/p+1/t4-,5+/m1/s1. The van der Waals surface area contributed by atoms with E-state index in [2.05, 4.69) is 4.52 Å². The Kier molecular flexibility index (Phi) is 5.89. The molecule has 0 bridgehead atoms. The molecule has 0 saturated carbocycles. The van der Waals surface area contributed by atoms with Gasteiger partial charge in [-0.3, -0.25) is 4.79 Å². The van der Waals surface area contributed by atoms with E-state index in [0.717, 1.165) is 0 Å². The van der Waals surface area contributed by atoms with Crippen molar-refractivity contribution < 1.29 is 34.1 Å². The Morgan fingerprint density at radius 3 is 2.38 bits per heavy atom. The molecule has 76 valence electrons. The number of carbonyl (C=O) groups is 1. The van der Waals surface area contributed by atoms with Crippen LogP contribution in [0.3, 0.4) is 0 Å². The molecule has 0 heterocycles. The summed E-state index contributed by atoms with van der Waals surface area (Å²) in [6.07, 6.45) is -3.43. The first kappa shape index (κ1) is 12.6. The Labute approximate surface area is 74.5 Å². The van der Waals surface area contributed by atoms with E-state index in [9.17, 15) is 9.36 Å². The Bertz CT molecular complexity index is 193. The van der Waals surface area contributed by atoms with Gasteiger partial charge in [0, 0.05) is 4.57 Å². The predicted molar refractivity (Wildman–Crippen MR) is 39.9 cm³/mol. The molecular weight excluding hydrogens is 203 g/mol. The molecule has 0 aliphatic rings. The van der Waals surface area contributed by atoms with E-state index in [1.807, 2.05) is 0 Å². The average molecular weight is 213 g/mol. The van der Waals surface area contributed by atoms with Crippen LogP contribution in [0.1, 0.15) is 0 Å². The first-order valence-electron chi connectivity index (χ1n) is 3.27. The smallest absolute Gasteiger partial charge is 0.388 e. The summed E-state index contributed by atoms with van der Waals surface area (Å²) in [4.78, 5) is 18.7. The van der Waals surface area contributed by atoms with Crippen LogP contribution in [0.5, 0.6) is 0 Å². The van der Waals surface area contributed by atoms with Gasteiger partial charge in [-0.05, 0) is 0 Å². The summed E-state index contributed by atoms with van der Waals surface area (Å²) in [5.74, 6) is -0.982. The third kappa shape index (κ3) is 4.99. The lowest BCUT2D eigenvalue weighted by atomic mass is 10.1. The Morgan fingerprint density at radius 2 is 2.00 bits per heavy atom. The zero-order valence-electron chi connectivity index (χ0n) is 6.53. The van der Waals surface area contributed by atoms with Crippen molar-refractivity contribution >= 4 is 14.0 Å². The van der Waals surface area contributed by atoms with E-state index in [0.29, 0.717) is 0 Å². The summed E-state index contributed by atoms with van der Waals surface area (Å²) in [6.45, 7) is -1.57. The van der Waals surface area contributed by atoms with Crippen LogP contribution in [0, 0.1) is 0 Å². The van der Waals surface area contributed by atoms with Gasteiger partial charge in [-0.15, -0.1) is 9.42 Å². The first-order chi connectivity index (χ1) is 5.99. The van der Waals surface area contributed by atoms with E-state index in [1.165, 1.54) is 0 Å². The molecule has 0 saturated heterocycles.